The van der Waals surface area contributed by atoms with Crippen LogP contribution >= 0.6 is 11.6 Å². The van der Waals surface area contributed by atoms with Gasteiger partial charge in [-0.1, -0.05) is 48.0 Å². The molecule has 4 nitrogen and oxygen atoms in total. The van der Waals surface area contributed by atoms with Crippen LogP contribution in [0.5, 0.6) is 5.75 Å². The van der Waals surface area contributed by atoms with Gasteiger partial charge >= 0.3 is 0 Å². The van der Waals surface area contributed by atoms with Crippen LogP contribution in [-0.2, 0) is 0 Å². The number of rotatable bonds is 8. The Morgan fingerprint density at radius 1 is 1.09 bits per heavy atom. The Labute approximate surface area is 197 Å². The highest BCUT2D eigenvalue weighted by Gasteiger charge is 2.36. The summed E-state index contributed by atoms with van der Waals surface area (Å²) in [4.78, 5) is 2.53. The summed E-state index contributed by atoms with van der Waals surface area (Å²) in [5, 5.41) is 0.747. The number of allylic oxidation sites excluding steroid dienone is 2. The summed E-state index contributed by atoms with van der Waals surface area (Å²) < 4.78 is 6.77. The minimum Gasteiger partial charge on any atom is -0.492 e. The molecule has 4 rings (SSSR count). The fourth-order valence-electron chi connectivity index (χ4n) is 4.98. The zero-order valence-electron chi connectivity index (χ0n) is 19.0. The van der Waals surface area contributed by atoms with E-state index >= 15 is 0 Å². The third kappa shape index (κ3) is 5.81. The summed E-state index contributed by atoms with van der Waals surface area (Å²) in [6, 6.07) is 17.9. The van der Waals surface area contributed by atoms with Crippen LogP contribution in [0.2, 0.25) is 5.02 Å². The molecule has 2 aliphatic heterocycles. The van der Waals surface area contributed by atoms with Crippen molar-refractivity contribution < 1.29 is 9.22 Å². The Morgan fingerprint density at radius 2 is 1.81 bits per heavy atom. The van der Waals surface area contributed by atoms with Crippen LogP contribution in [0.25, 0.3) is 0 Å². The van der Waals surface area contributed by atoms with Gasteiger partial charge < -0.3 is 10.5 Å². The number of quaternary nitrogens is 1. The normalized spacial score (nSPS) is 23.0. The molecule has 2 N–H and O–H groups in total. The molecule has 0 bridgehead atoms. The summed E-state index contributed by atoms with van der Waals surface area (Å²) in [5.41, 5.74) is 9.15. The predicted octanol–water partition coefficient (Wildman–Crippen LogP) is 5.03. The standard InChI is InChI=1S/C27H35ClN3O/c1-31(19-6-5-9-26(31)27(29)23-10-12-24(28)13-11-23)21-22-14-16-30(17-15-22)18-20-32-25-7-3-2-4-8-25/h2-13,22,27H,14-21,29H2,1H3/q+1/t27?,31-/m1/s1. The van der Waals surface area contributed by atoms with Gasteiger partial charge in [0, 0.05) is 17.5 Å². The number of nitrogens with two attached hydrogens (primary N) is 1. The molecule has 2 aromatic rings. The van der Waals surface area contributed by atoms with Crippen LogP contribution in [0.3, 0.4) is 0 Å². The summed E-state index contributed by atoms with van der Waals surface area (Å²) in [6.07, 6.45) is 9.10. The summed E-state index contributed by atoms with van der Waals surface area (Å²) >= 11 is 6.08. The number of ether oxygens (including phenoxy) is 1. The van der Waals surface area contributed by atoms with Crippen molar-refractivity contribution in [2.24, 2.45) is 11.7 Å². The maximum Gasteiger partial charge on any atom is 0.130 e. The maximum absolute atomic E-state index is 6.74. The van der Waals surface area contributed by atoms with Crippen molar-refractivity contribution in [2.75, 3.05) is 46.4 Å². The van der Waals surface area contributed by atoms with E-state index < -0.39 is 0 Å². The van der Waals surface area contributed by atoms with Gasteiger partial charge in [0.15, 0.2) is 0 Å². The lowest BCUT2D eigenvalue weighted by atomic mass is 9.92. The fraction of sp³-hybridized carbons (Fsp3) is 0.407. The highest BCUT2D eigenvalue weighted by molar-refractivity contribution is 6.30. The molecule has 0 aliphatic carbocycles. The van der Waals surface area contributed by atoms with Crippen molar-refractivity contribution >= 4 is 11.6 Å². The van der Waals surface area contributed by atoms with Crippen molar-refractivity contribution in [1.29, 1.82) is 0 Å². The van der Waals surface area contributed by atoms with Gasteiger partial charge in [0.25, 0.3) is 0 Å². The van der Waals surface area contributed by atoms with Gasteiger partial charge in [-0.3, -0.25) is 9.38 Å². The average molecular weight is 453 g/mol. The second kappa shape index (κ2) is 10.7. The number of hydrogen-bond acceptors (Lipinski definition) is 3. The molecule has 0 saturated carbocycles. The molecule has 2 atom stereocenters. The lowest BCUT2D eigenvalue weighted by Crippen LogP contribution is -2.51. The SMILES string of the molecule is C[N@+]1(CC2CCN(CCOc3ccccc3)CC2)CC=CC=C1C(N)c1ccc(Cl)cc1. The molecule has 0 aromatic heterocycles. The van der Waals surface area contributed by atoms with Gasteiger partial charge in [-0.05, 0) is 67.9 Å². The van der Waals surface area contributed by atoms with Crippen molar-refractivity contribution in [3.8, 4) is 5.75 Å². The van der Waals surface area contributed by atoms with Crippen LogP contribution in [-0.4, -0.2) is 55.8 Å². The lowest BCUT2D eigenvalue weighted by molar-refractivity contribution is -0.873. The third-order valence-electron chi connectivity index (χ3n) is 6.87. The molecule has 0 radical (unpaired) electrons. The lowest BCUT2D eigenvalue weighted by Gasteiger charge is -2.43. The first-order valence-electron chi connectivity index (χ1n) is 11.7. The van der Waals surface area contributed by atoms with Gasteiger partial charge in [-0.25, -0.2) is 0 Å². The van der Waals surface area contributed by atoms with E-state index in [1.54, 1.807) is 0 Å². The molecule has 2 aliphatic rings. The van der Waals surface area contributed by atoms with Gasteiger partial charge in [0.2, 0.25) is 0 Å². The van der Waals surface area contributed by atoms with Crippen LogP contribution in [0.1, 0.15) is 24.4 Å². The Kier molecular flexibility index (Phi) is 7.69. The summed E-state index contributed by atoms with van der Waals surface area (Å²) in [7, 11) is 2.34. The monoisotopic (exact) mass is 452 g/mol. The first-order chi connectivity index (χ1) is 15.5. The van der Waals surface area contributed by atoms with Crippen molar-refractivity contribution in [1.82, 2.24) is 4.90 Å². The van der Waals surface area contributed by atoms with Gasteiger partial charge in [-0.2, -0.15) is 0 Å². The average Bonchev–Trinajstić information content (AvgIpc) is 2.81. The van der Waals surface area contributed by atoms with E-state index in [2.05, 4.69) is 30.2 Å². The van der Waals surface area contributed by atoms with Crippen molar-refractivity contribution in [2.45, 2.75) is 18.9 Å². The van der Waals surface area contributed by atoms with Crippen molar-refractivity contribution in [3.05, 3.63) is 89.1 Å². The smallest absolute Gasteiger partial charge is 0.130 e. The molecular weight excluding hydrogens is 418 g/mol. The Balaban J connectivity index is 1.29. The van der Waals surface area contributed by atoms with E-state index in [-0.39, 0.29) is 6.04 Å². The number of halogens is 1. The quantitative estimate of drug-likeness (QED) is 0.571. The van der Waals surface area contributed by atoms with Crippen LogP contribution in [0.15, 0.2) is 78.5 Å². The van der Waals surface area contributed by atoms with Crippen molar-refractivity contribution in [3.63, 3.8) is 0 Å². The van der Waals surface area contributed by atoms with Gasteiger partial charge in [-0.15, -0.1) is 0 Å². The van der Waals surface area contributed by atoms with E-state index in [0.29, 0.717) is 5.92 Å². The van der Waals surface area contributed by atoms with E-state index in [9.17, 15) is 0 Å². The Hall–Kier alpha value is -2.11. The number of para-hydroxylation sites is 1. The number of benzene rings is 2. The largest absolute Gasteiger partial charge is 0.492 e. The summed E-state index contributed by atoms with van der Waals surface area (Å²) in [6.45, 7) is 6.14. The molecule has 1 unspecified atom stereocenters. The molecule has 32 heavy (non-hydrogen) atoms. The third-order valence-corrected chi connectivity index (χ3v) is 7.12. The predicted molar refractivity (Wildman–Crippen MR) is 133 cm³/mol. The number of hydrogen-bond donors (Lipinski definition) is 1. The van der Waals surface area contributed by atoms with Gasteiger partial charge in [0.1, 0.15) is 30.6 Å². The highest BCUT2D eigenvalue weighted by atomic mass is 35.5. The zero-order chi connectivity index (χ0) is 22.4. The highest BCUT2D eigenvalue weighted by Crippen LogP contribution is 2.33. The molecule has 5 heteroatoms. The van der Waals surface area contributed by atoms with E-state index in [4.69, 9.17) is 22.1 Å². The molecule has 2 heterocycles. The van der Waals surface area contributed by atoms with E-state index in [1.165, 1.54) is 18.5 Å². The fourth-order valence-corrected chi connectivity index (χ4v) is 5.10. The number of piperidine rings is 1. The summed E-state index contributed by atoms with van der Waals surface area (Å²) in [5.74, 6) is 1.66. The maximum atomic E-state index is 6.74. The first-order valence-corrected chi connectivity index (χ1v) is 12.0. The van der Waals surface area contributed by atoms with Gasteiger partial charge in [0.05, 0.1) is 13.6 Å². The minimum absolute atomic E-state index is 0.113. The molecule has 0 amide bonds. The topological polar surface area (TPSA) is 38.5 Å². The molecule has 1 fully saturated rings. The van der Waals surface area contributed by atoms with E-state index in [0.717, 1.165) is 60.1 Å². The minimum atomic E-state index is -0.113. The zero-order valence-corrected chi connectivity index (χ0v) is 19.8. The molecule has 0 spiro atoms. The second-order valence-electron chi connectivity index (χ2n) is 9.26. The Bertz CT molecular complexity index is 920. The number of nitrogens with zero attached hydrogens (tertiary/aromatic N) is 2. The van der Waals surface area contributed by atoms with E-state index in [1.807, 2.05) is 54.6 Å². The first kappa shape index (κ1) is 23.1. The molecule has 1 saturated heterocycles. The number of likely N-dealkylation sites (tertiary alicyclic amines) is 1. The second-order valence-corrected chi connectivity index (χ2v) is 9.69. The van der Waals surface area contributed by atoms with Crippen LogP contribution in [0, 0.1) is 5.92 Å². The Morgan fingerprint density at radius 3 is 2.53 bits per heavy atom. The molecular formula is C27H35ClN3O+. The number of likely N-dealkylation sites (N-methyl/N-ethyl adjacent to an activating group) is 1. The molecule has 170 valence electrons. The van der Waals surface area contributed by atoms with Crippen LogP contribution < -0.4 is 10.5 Å². The van der Waals surface area contributed by atoms with Crippen LogP contribution in [0.4, 0.5) is 0 Å². The molecule has 2 aromatic carbocycles.